The first kappa shape index (κ1) is 20.7. The number of rotatable bonds is 2. The van der Waals surface area contributed by atoms with Crippen molar-refractivity contribution >= 4 is 24.2 Å². The molecule has 1 aromatic rings. The molecule has 4 aliphatic rings. The molecule has 0 unspecified atom stereocenters. The third-order valence-electron chi connectivity index (χ3n) is 6.12. The Kier molecular flexibility index (Phi) is 6.00. The van der Waals surface area contributed by atoms with E-state index in [1.807, 2.05) is 7.05 Å². The zero-order valence-corrected chi connectivity index (χ0v) is 17.1. The predicted molar refractivity (Wildman–Crippen MR) is 106 cm³/mol. The second kappa shape index (κ2) is 8.13. The Morgan fingerprint density at radius 1 is 1.21 bits per heavy atom. The third-order valence-corrected chi connectivity index (χ3v) is 6.12. The van der Waals surface area contributed by atoms with E-state index >= 15 is 0 Å². The summed E-state index contributed by atoms with van der Waals surface area (Å²) in [7, 11) is 3.31. The summed E-state index contributed by atoms with van der Waals surface area (Å²) in [6.45, 7) is 2.89. The van der Waals surface area contributed by atoms with Gasteiger partial charge >= 0.3 is 0 Å². The molecular formula is C19H27ClN4O4. The maximum Gasteiger partial charge on any atom is 0.259 e. The van der Waals surface area contributed by atoms with Gasteiger partial charge in [0.1, 0.15) is 11.3 Å². The van der Waals surface area contributed by atoms with Crippen LogP contribution in [0.2, 0.25) is 0 Å². The molecule has 2 bridgehead atoms. The van der Waals surface area contributed by atoms with Gasteiger partial charge in [-0.2, -0.15) is 0 Å². The molecule has 28 heavy (non-hydrogen) atoms. The van der Waals surface area contributed by atoms with E-state index in [4.69, 9.17) is 4.74 Å². The first-order chi connectivity index (χ1) is 13.0. The Hall–Kier alpha value is -2.06. The molecule has 0 spiro atoms. The minimum absolute atomic E-state index is 0. The summed E-state index contributed by atoms with van der Waals surface area (Å²) in [4.78, 5) is 42.1. The highest BCUT2D eigenvalue weighted by atomic mass is 35.5. The van der Waals surface area contributed by atoms with Crippen LogP contribution in [-0.4, -0.2) is 72.6 Å². The number of aromatic nitrogens is 1. The minimum atomic E-state index is -0.145. The molecule has 3 saturated heterocycles. The molecule has 154 valence electrons. The molecule has 4 aliphatic heterocycles. The van der Waals surface area contributed by atoms with E-state index in [1.54, 1.807) is 14.4 Å². The van der Waals surface area contributed by atoms with Crippen LogP contribution in [0.25, 0.3) is 0 Å². The van der Waals surface area contributed by atoms with Gasteiger partial charge in [-0.05, 0) is 12.8 Å². The van der Waals surface area contributed by atoms with E-state index < -0.39 is 0 Å². The first-order valence-corrected chi connectivity index (χ1v) is 9.58. The van der Waals surface area contributed by atoms with E-state index in [1.165, 1.54) is 13.2 Å². The quantitative estimate of drug-likeness (QED) is 0.748. The van der Waals surface area contributed by atoms with E-state index in [0.717, 1.165) is 18.5 Å². The predicted octanol–water partition coefficient (Wildman–Crippen LogP) is 0.117. The molecule has 2 atom stereocenters. The number of ether oxygens (including phenoxy) is 1. The molecule has 0 aromatic carbocycles. The molecule has 1 N–H and O–H groups in total. The summed E-state index contributed by atoms with van der Waals surface area (Å²) >= 11 is 0. The van der Waals surface area contributed by atoms with Crippen molar-refractivity contribution in [1.82, 2.24) is 19.7 Å². The summed E-state index contributed by atoms with van der Waals surface area (Å²) in [6, 6.07) is 1.46. The number of halogens is 1. The SMILES string of the molecule is COc1cc(=O)n2c(c1C(=O)N1C[C@@H]3CC[C@H](C1)N(C)C3=O)CCNCC2.Cl. The lowest BCUT2D eigenvalue weighted by Gasteiger charge is -2.32. The number of nitrogens with one attached hydrogen (secondary N) is 1. The Labute approximate surface area is 170 Å². The van der Waals surface area contributed by atoms with E-state index in [0.29, 0.717) is 50.5 Å². The number of carbonyl (C=O) groups is 2. The van der Waals surface area contributed by atoms with Crippen LogP contribution in [-0.2, 0) is 17.8 Å². The molecule has 0 saturated carbocycles. The van der Waals surface area contributed by atoms with E-state index in [9.17, 15) is 14.4 Å². The topological polar surface area (TPSA) is 83.9 Å². The number of hydrogen-bond acceptors (Lipinski definition) is 5. The Balaban J connectivity index is 0.00000225. The van der Waals surface area contributed by atoms with Gasteiger partial charge in [0.2, 0.25) is 5.91 Å². The highest BCUT2D eigenvalue weighted by Crippen LogP contribution is 2.31. The number of likely N-dealkylation sites (N-methyl/N-ethyl adjacent to an activating group) is 1. The van der Waals surface area contributed by atoms with Gasteiger partial charge in [0.25, 0.3) is 11.5 Å². The molecule has 8 nitrogen and oxygen atoms in total. The monoisotopic (exact) mass is 410 g/mol. The summed E-state index contributed by atoms with van der Waals surface area (Å²) < 4.78 is 7.11. The lowest BCUT2D eigenvalue weighted by molar-refractivity contribution is -0.138. The van der Waals surface area contributed by atoms with Crippen molar-refractivity contribution < 1.29 is 14.3 Å². The van der Waals surface area contributed by atoms with Gasteiger partial charge in [-0.15, -0.1) is 12.4 Å². The molecule has 5 rings (SSSR count). The lowest BCUT2D eigenvalue weighted by atomic mass is 9.95. The Bertz CT molecular complexity index is 840. The third kappa shape index (κ3) is 3.39. The van der Waals surface area contributed by atoms with E-state index in [-0.39, 0.29) is 41.7 Å². The molecule has 0 radical (unpaired) electrons. The van der Waals surface area contributed by atoms with Crippen LogP contribution in [0.15, 0.2) is 10.9 Å². The molecule has 0 aliphatic carbocycles. The number of hydrogen-bond donors (Lipinski definition) is 1. The van der Waals surface area contributed by atoms with Crippen molar-refractivity contribution in [1.29, 1.82) is 0 Å². The number of fused-ring (bicyclic) bond motifs is 5. The second-order valence-electron chi connectivity index (χ2n) is 7.61. The number of carbonyl (C=O) groups excluding carboxylic acids is 2. The van der Waals surface area contributed by atoms with Gasteiger partial charge in [0.15, 0.2) is 0 Å². The summed E-state index contributed by atoms with van der Waals surface area (Å²) in [5.74, 6) is 0.170. The van der Waals surface area contributed by atoms with Crippen molar-refractivity contribution in [3.05, 3.63) is 27.7 Å². The van der Waals surface area contributed by atoms with Gasteiger partial charge in [-0.1, -0.05) is 0 Å². The van der Waals surface area contributed by atoms with Crippen LogP contribution in [0, 0.1) is 5.92 Å². The van der Waals surface area contributed by atoms with Gasteiger partial charge in [-0.25, -0.2) is 0 Å². The summed E-state index contributed by atoms with van der Waals surface area (Å²) in [5.41, 5.74) is 1.05. The van der Waals surface area contributed by atoms with Crippen LogP contribution in [0.3, 0.4) is 0 Å². The van der Waals surface area contributed by atoms with Gasteiger partial charge in [-0.3, -0.25) is 14.4 Å². The van der Waals surface area contributed by atoms with Gasteiger partial charge in [0, 0.05) is 64.0 Å². The lowest BCUT2D eigenvalue weighted by Crippen LogP contribution is -2.45. The zero-order valence-electron chi connectivity index (χ0n) is 16.3. The number of piperidine rings is 1. The molecular weight excluding hydrogens is 384 g/mol. The fourth-order valence-corrected chi connectivity index (χ4v) is 4.57. The molecule has 2 amide bonds. The zero-order chi connectivity index (χ0) is 19.1. The van der Waals surface area contributed by atoms with Crippen molar-refractivity contribution in [2.75, 3.05) is 40.3 Å². The van der Waals surface area contributed by atoms with Gasteiger partial charge in [0.05, 0.1) is 13.0 Å². The van der Waals surface area contributed by atoms with Crippen LogP contribution in [0.5, 0.6) is 5.75 Å². The highest BCUT2D eigenvalue weighted by molar-refractivity contribution is 5.98. The maximum atomic E-state index is 13.5. The molecule has 5 heterocycles. The van der Waals surface area contributed by atoms with Crippen molar-refractivity contribution in [2.45, 2.75) is 31.8 Å². The van der Waals surface area contributed by atoms with Gasteiger partial charge < -0.3 is 24.4 Å². The fourth-order valence-electron chi connectivity index (χ4n) is 4.57. The van der Waals surface area contributed by atoms with Crippen LogP contribution < -0.4 is 15.6 Å². The number of nitrogens with zero attached hydrogens (tertiary/aromatic N) is 3. The molecule has 1 aromatic heterocycles. The molecule has 3 fully saturated rings. The van der Waals surface area contributed by atoms with Crippen LogP contribution in [0.1, 0.15) is 28.9 Å². The van der Waals surface area contributed by atoms with E-state index in [2.05, 4.69) is 5.32 Å². The summed E-state index contributed by atoms with van der Waals surface area (Å²) in [5, 5.41) is 3.27. The van der Waals surface area contributed by atoms with Crippen molar-refractivity contribution in [3.63, 3.8) is 0 Å². The Morgan fingerprint density at radius 3 is 2.75 bits per heavy atom. The Morgan fingerprint density at radius 2 is 2.00 bits per heavy atom. The first-order valence-electron chi connectivity index (χ1n) is 9.58. The normalized spacial score (nSPS) is 24.1. The smallest absolute Gasteiger partial charge is 0.259 e. The van der Waals surface area contributed by atoms with Crippen LogP contribution in [0.4, 0.5) is 0 Å². The average Bonchev–Trinajstić information content (AvgIpc) is 3.08. The number of methoxy groups -OCH3 is 1. The number of amides is 2. The largest absolute Gasteiger partial charge is 0.496 e. The minimum Gasteiger partial charge on any atom is -0.496 e. The maximum absolute atomic E-state index is 13.5. The van der Waals surface area contributed by atoms with Crippen LogP contribution >= 0.6 is 12.4 Å². The molecule has 9 heteroatoms. The fraction of sp³-hybridized carbons (Fsp3) is 0.632. The second-order valence-corrected chi connectivity index (χ2v) is 7.61. The van der Waals surface area contributed by atoms with Crippen molar-refractivity contribution in [2.24, 2.45) is 5.92 Å². The average molecular weight is 411 g/mol. The number of pyridine rings is 1. The van der Waals surface area contributed by atoms with Crippen molar-refractivity contribution in [3.8, 4) is 5.75 Å². The summed E-state index contributed by atoms with van der Waals surface area (Å²) in [6.07, 6.45) is 2.34. The highest BCUT2D eigenvalue weighted by Gasteiger charge is 2.41. The standard InChI is InChI=1S/C19H26N4O4.ClH/c1-21-13-4-3-12(18(21)25)10-22(11-13)19(26)17-14-5-6-20-7-8-23(14)16(24)9-15(17)27-2;/h9,12-13,20H,3-8,10-11H2,1-2H3;1H/t12-,13+;/m0./s1.